The normalized spacial score (nSPS) is 20.1. The molecule has 0 saturated carbocycles. The molecular weight excluding hydrogens is 239 g/mol. The van der Waals surface area contributed by atoms with Crippen LogP contribution in [0.1, 0.15) is 17.0 Å². The molecule has 5 nitrogen and oxygen atoms in total. The minimum Gasteiger partial charge on any atom is -0.480 e. The van der Waals surface area contributed by atoms with Crippen molar-refractivity contribution in [1.82, 2.24) is 15.1 Å². The van der Waals surface area contributed by atoms with Crippen LogP contribution in [0.4, 0.5) is 13.2 Å². The molecule has 1 atom stereocenters. The smallest absolute Gasteiger partial charge is 0.435 e. The summed E-state index contributed by atoms with van der Waals surface area (Å²) in [4.78, 5) is 10.8. The molecule has 0 fully saturated rings. The molecule has 1 aliphatic rings. The van der Waals surface area contributed by atoms with Crippen LogP contribution < -0.4 is 5.32 Å². The fourth-order valence-corrected chi connectivity index (χ4v) is 1.94. The van der Waals surface area contributed by atoms with E-state index >= 15 is 0 Å². The first kappa shape index (κ1) is 11.9. The van der Waals surface area contributed by atoms with E-state index in [4.69, 9.17) is 5.11 Å². The highest BCUT2D eigenvalue weighted by molar-refractivity contribution is 5.74. The third kappa shape index (κ3) is 1.99. The number of nitrogens with zero attached hydrogens (tertiary/aromatic N) is 2. The number of rotatable bonds is 1. The number of aromatic nitrogens is 2. The molecule has 8 heteroatoms. The van der Waals surface area contributed by atoms with Crippen LogP contribution in [0, 0.1) is 0 Å². The number of carboxylic acids is 1. The van der Waals surface area contributed by atoms with Gasteiger partial charge in [0.15, 0.2) is 5.69 Å². The highest BCUT2D eigenvalue weighted by Crippen LogP contribution is 2.33. The van der Waals surface area contributed by atoms with E-state index in [0.29, 0.717) is 5.69 Å². The fraction of sp³-hybridized carbons (Fsp3) is 0.556. The zero-order valence-corrected chi connectivity index (χ0v) is 8.88. The van der Waals surface area contributed by atoms with Gasteiger partial charge in [-0.05, 0) is 0 Å². The summed E-state index contributed by atoms with van der Waals surface area (Å²) in [5.74, 6) is -1.08. The Bertz CT molecular complexity index is 467. The quantitative estimate of drug-likeness (QED) is 0.762. The molecule has 0 radical (unpaired) electrons. The minimum atomic E-state index is -4.51. The van der Waals surface area contributed by atoms with E-state index in [0.717, 1.165) is 4.68 Å². The minimum absolute atomic E-state index is 0.00421. The zero-order valence-electron chi connectivity index (χ0n) is 8.88. The van der Waals surface area contributed by atoms with E-state index in [1.54, 1.807) is 0 Å². The average molecular weight is 249 g/mol. The Morgan fingerprint density at radius 1 is 1.59 bits per heavy atom. The molecule has 2 heterocycles. The Morgan fingerprint density at radius 3 is 2.76 bits per heavy atom. The van der Waals surface area contributed by atoms with Gasteiger partial charge in [0.2, 0.25) is 0 Å². The van der Waals surface area contributed by atoms with E-state index in [1.165, 1.54) is 7.05 Å². The van der Waals surface area contributed by atoms with Crippen molar-refractivity contribution in [3.8, 4) is 0 Å². The molecule has 0 spiro atoms. The van der Waals surface area contributed by atoms with Gasteiger partial charge in [0.1, 0.15) is 6.04 Å². The van der Waals surface area contributed by atoms with E-state index in [9.17, 15) is 18.0 Å². The Hall–Kier alpha value is -1.57. The summed E-state index contributed by atoms with van der Waals surface area (Å²) in [6.07, 6.45) is -4.51. The SMILES string of the molecule is Cn1nc(C(F)(F)F)c2c1CC(C(=O)O)NC2. The molecule has 0 aromatic carbocycles. The highest BCUT2D eigenvalue weighted by Gasteiger charge is 2.40. The number of halogens is 3. The van der Waals surface area contributed by atoms with Crippen molar-refractivity contribution < 1.29 is 23.1 Å². The van der Waals surface area contributed by atoms with Crippen molar-refractivity contribution in [2.24, 2.45) is 7.05 Å². The second-order valence-corrected chi connectivity index (χ2v) is 3.87. The van der Waals surface area contributed by atoms with E-state index in [1.807, 2.05) is 0 Å². The van der Waals surface area contributed by atoms with Crippen molar-refractivity contribution in [3.63, 3.8) is 0 Å². The molecule has 1 unspecified atom stereocenters. The summed E-state index contributed by atoms with van der Waals surface area (Å²) < 4.78 is 39.0. The number of nitrogens with one attached hydrogen (secondary N) is 1. The third-order valence-electron chi connectivity index (χ3n) is 2.76. The van der Waals surface area contributed by atoms with Crippen LogP contribution in [0.25, 0.3) is 0 Å². The second-order valence-electron chi connectivity index (χ2n) is 3.87. The fourth-order valence-electron chi connectivity index (χ4n) is 1.94. The highest BCUT2D eigenvalue weighted by atomic mass is 19.4. The van der Waals surface area contributed by atoms with Crippen LogP contribution in [-0.4, -0.2) is 26.9 Å². The van der Waals surface area contributed by atoms with E-state index in [2.05, 4.69) is 10.4 Å². The Balaban J connectivity index is 2.41. The number of fused-ring (bicyclic) bond motifs is 1. The summed E-state index contributed by atoms with van der Waals surface area (Å²) in [7, 11) is 1.39. The molecule has 0 saturated heterocycles. The maximum atomic E-state index is 12.6. The number of aryl methyl sites for hydroxylation is 1. The summed E-state index contributed by atoms with van der Waals surface area (Å²) in [5.41, 5.74) is -0.577. The maximum absolute atomic E-state index is 12.6. The standard InChI is InChI=1S/C9H10F3N3O2/c1-15-6-2-5(8(16)17)13-3-4(6)7(14-15)9(10,11)12/h5,13H,2-3H2,1H3,(H,16,17). The lowest BCUT2D eigenvalue weighted by Gasteiger charge is -2.21. The first-order valence-electron chi connectivity index (χ1n) is 4.89. The molecule has 0 bridgehead atoms. The number of hydrogen-bond donors (Lipinski definition) is 2. The van der Waals surface area contributed by atoms with Gasteiger partial charge in [-0.3, -0.25) is 14.8 Å². The van der Waals surface area contributed by atoms with Gasteiger partial charge in [-0.1, -0.05) is 0 Å². The van der Waals surface area contributed by atoms with Gasteiger partial charge < -0.3 is 5.11 Å². The van der Waals surface area contributed by atoms with Crippen molar-refractivity contribution in [3.05, 3.63) is 17.0 Å². The van der Waals surface area contributed by atoms with Gasteiger partial charge in [0, 0.05) is 31.3 Å². The molecule has 1 aromatic rings. The number of carbonyl (C=O) groups is 1. The number of alkyl halides is 3. The molecule has 2 N–H and O–H groups in total. The topological polar surface area (TPSA) is 67.2 Å². The summed E-state index contributed by atoms with van der Waals surface area (Å²) in [6, 6.07) is -0.862. The van der Waals surface area contributed by atoms with Gasteiger partial charge in [-0.2, -0.15) is 18.3 Å². The predicted octanol–water partition coefficient (Wildman–Crippen LogP) is 0.538. The van der Waals surface area contributed by atoms with Crippen molar-refractivity contribution >= 4 is 5.97 Å². The van der Waals surface area contributed by atoms with E-state index < -0.39 is 23.9 Å². The molecule has 0 aliphatic carbocycles. The molecule has 94 valence electrons. The maximum Gasteiger partial charge on any atom is 0.435 e. The molecule has 2 rings (SSSR count). The first-order chi connectivity index (χ1) is 7.80. The lowest BCUT2D eigenvalue weighted by atomic mass is 10.0. The summed E-state index contributed by atoms with van der Waals surface area (Å²) in [6.45, 7) is -0.130. The van der Waals surface area contributed by atoms with Crippen LogP contribution in [0.15, 0.2) is 0 Å². The lowest BCUT2D eigenvalue weighted by molar-refractivity contribution is -0.142. The largest absolute Gasteiger partial charge is 0.480 e. The monoisotopic (exact) mass is 249 g/mol. The van der Waals surface area contributed by atoms with E-state index in [-0.39, 0.29) is 18.5 Å². The van der Waals surface area contributed by atoms with Gasteiger partial charge in [-0.25, -0.2) is 0 Å². The van der Waals surface area contributed by atoms with Crippen LogP contribution in [-0.2, 0) is 31.0 Å². The van der Waals surface area contributed by atoms with Crippen LogP contribution in [0.5, 0.6) is 0 Å². The van der Waals surface area contributed by atoms with Gasteiger partial charge in [0.25, 0.3) is 0 Å². The Labute approximate surface area is 94.2 Å². The van der Waals surface area contributed by atoms with Gasteiger partial charge >= 0.3 is 12.1 Å². The van der Waals surface area contributed by atoms with Crippen molar-refractivity contribution in [2.45, 2.75) is 25.2 Å². The van der Waals surface area contributed by atoms with Crippen LogP contribution >= 0.6 is 0 Å². The molecule has 1 aromatic heterocycles. The van der Waals surface area contributed by atoms with Crippen LogP contribution in [0.2, 0.25) is 0 Å². The van der Waals surface area contributed by atoms with Gasteiger partial charge in [0.05, 0.1) is 0 Å². The van der Waals surface area contributed by atoms with Gasteiger partial charge in [-0.15, -0.1) is 0 Å². The van der Waals surface area contributed by atoms with Crippen LogP contribution in [0.3, 0.4) is 0 Å². The average Bonchev–Trinajstić information content (AvgIpc) is 2.55. The molecular formula is C9H10F3N3O2. The second kappa shape index (κ2) is 3.73. The van der Waals surface area contributed by atoms with Crippen molar-refractivity contribution in [1.29, 1.82) is 0 Å². The predicted molar refractivity (Wildman–Crippen MR) is 50.2 cm³/mol. The molecule has 17 heavy (non-hydrogen) atoms. The third-order valence-corrected chi connectivity index (χ3v) is 2.76. The number of aliphatic carboxylic acids is 1. The number of carboxylic acid groups (broad SMARTS) is 1. The number of hydrogen-bond acceptors (Lipinski definition) is 3. The zero-order chi connectivity index (χ0) is 12.8. The molecule has 0 amide bonds. The summed E-state index contributed by atoms with van der Waals surface area (Å²) in [5, 5.41) is 14.8. The lowest BCUT2D eigenvalue weighted by Crippen LogP contribution is -2.42. The summed E-state index contributed by atoms with van der Waals surface area (Å²) >= 11 is 0. The Kier molecular flexibility index (Phi) is 2.61. The van der Waals surface area contributed by atoms with Crippen molar-refractivity contribution in [2.75, 3.05) is 0 Å². The molecule has 1 aliphatic heterocycles. The first-order valence-corrected chi connectivity index (χ1v) is 4.89. The Morgan fingerprint density at radius 2 is 2.24 bits per heavy atom.